The SMILES string of the molecule is CCN.Clc1ccnnc1Cl. The van der Waals surface area contributed by atoms with E-state index in [4.69, 9.17) is 28.9 Å². The van der Waals surface area contributed by atoms with Crippen molar-refractivity contribution in [3.63, 3.8) is 0 Å². The third-order valence-electron chi connectivity index (χ3n) is 0.630. The third-order valence-corrected chi connectivity index (χ3v) is 1.31. The van der Waals surface area contributed by atoms with Gasteiger partial charge in [-0.25, -0.2) is 0 Å². The molecule has 1 rings (SSSR count). The summed E-state index contributed by atoms with van der Waals surface area (Å²) in [6.07, 6.45) is 1.48. The Kier molecular flexibility index (Phi) is 6.12. The minimum absolute atomic E-state index is 0.245. The van der Waals surface area contributed by atoms with Crippen LogP contribution in [0.5, 0.6) is 0 Å². The molecule has 0 atom stereocenters. The highest BCUT2D eigenvalue weighted by molar-refractivity contribution is 6.41. The number of rotatable bonds is 0. The van der Waals surface area contributed by atoms with Crippen LogP contribution in [0.25, 0.3) is 0 Å². The lowest BCUT2D eigenvalue weighted by Gasteiger charge is -1.86. The summed E-state index contributed by atoms with van der Waals surface area (Å²) in [6, 6.07) is 1.58. The van der Waals surface area contributed by atoms with Gasteiger partial charge in [-0.15, -0.1) is 5.10 Å². The first-order valence-corrected chi connectivity index (χ1v) is 3.80. The summed E-state index contributed by atoms with van der Waals surface area (Å²) in [5, 5.41) is 7.62. The Labute approximate surface area is 75.5 Å². The molecule has 2 N–H and O–H groups in total. The van der Waals surface area contributed by atoms with Crippen molar-refractivity contribution in [3.8, 4) is 0 Å². The predicted molar refractivity (Wildman–Crippen MR) is 46.8 cm³/mol. The van der Waals surface area contributed by atoms with Crippen molar-refractivity contribution in [1.82, 2.24) is 10.2 Å². The fourth-order valence-electron chi connectivity index (χ4n) is 0.299. The van der Waals surface area contributed by atoms with E-state index in [1.54, 1.807) is 6.07 Å². The van der Waals surface area contributed by atoms with Gasteiger partial charge in [0.2, 0.25) is 0 Å². The zero-order valence-corrected chi connectivity index (χ0v) is 7.60. The van der Waals surface area contributed by atoms with Crippen LogP contribution in [-0.4, -0.2) is 16.7 Å². The van der Waals surface area contributed by atoms with E-state index < -0.39 is 0 Å². The van der Waals surface area contributed by atoms with Crippen LogP contribution < -0.4 is 5.73 Å². The normalized spacial score (nSPS) is 8.36. The van der Waals surface area contributed by atoms with Crippen LogP contribution in [0.2, 0.25) is 10.2 Å². The number of hydrogen-bond acceptors (Lipinski definition) is 3. The van der Waals surface area contributed by atoms with Gasteiger partial charge in [0.25, 0.3) is 0 Å². The van der Waals surface area contributed by atoms with Gasteiger partial charge in [-0.3, -0.25) is 0 Å². The highest BCUT2D eigenvalue weighted by Gasteiger charge is 1.92. The maximum atomic E-state index is 5.47. The largest absolute Gasteiger partial charge is 0.331 e. The Morgan fingerprint density at radius 1 is 1.55 bits per heavy atom. The molecule has 0 spiro atoms. The fraction of sp³-hybridized carbons (Fsp3) is 0.333. The molecular weight excluding hydrogens is 185 g/mol. The Morgan fingerprint density at radius 2 is 2.09 bits per heavy atom. The number of nitrogens with zero attached hydrogens (tertiary/aromatic N) is 2. The predicted octanol–water partition coefficient (Wildman–Crippen LogP) is 1.75. The lowest BCUT2D eigenvalue weighted by Crippen LogP contribution is -1.87. The highest BCUT2D eigenvalue weighted by atomic mass is 35.5. The van der Waals surface area contributed by atoms with Crippen molar-refractivity contribution in [1.29, 1.82) is 0 Å². The molecule has 0 aromatic carbocycles. The summed E-state index contributed by atoms with van der Waals surface area (Å²) in [7, 11) is 0. The first kappa shape index (κ1) is 10.6. The zero-order chi connectivity index (χ0) is 8.69. The standard InChI is InChI=1S/C4H2Cl2N2.C2H7N/c5-3-1-2-7-8-4(3)6;1-2-3/h1-2H;2-3H2,1H3. The number of hydrogen-bond donors (Lipinski definition) is 1. The van der Waals surface area contributed by atoms with E-state index in [0.29, 0.717) is 5.02 Å². The zero-order valence-electron chi connectivity index (χ0n) is 6.09. The van der Waals surface area contributed by atoms with Gasteiger partial charge in [0, 0.05) is 0 Å². The summed E-state index contributed by atoms with van der Waals surface area (Å²) < 4.78 is 0. The average molecular weight is 194 g/mol. The maximum absolute atomic E-state index is 5.47. The van der Waals surface area contributed by atoms with Gasteiger partial charge < -0.3 is 5.73 Å². The Hall–Kier alpha value is -0.380. The minimum Gasteiger partial charge on any atom is -0.331 e. The first-order valence-electron chi connectivity index (χ1n) is 3.05. The van der Waals surface area contributed by atoms with Crippen LogP contribution in [0.3, 0.4) is 0 Å². The lowest BCUT2D eigenvalue weighted by molar-refractivity contribution is 1.03. The van der Waals surface area contributed by atoms with Crippen LogP contribution in [0.1, 0.15) is 6.92 Å². The Morgan fingerprint density at radius 3 is 2.36 bits per heavy atom. The van der Waals surface area contributed by atoms with E-state index in [-0.39, 0.29) is 5.15 Å². The lowest BCUT2D eigenvalue weighted by atomic mass is 10.6. The van der Waals surface area contributed by atoms with Gasteiger partial charge in [-0.1, -0.05) is 30.1 Å². The van der Waals surface area contributed by atoms with Crippen molar-refractivity contribution in [2.75, 3.05) is 6.54 Å². The molecular formula is C6H9Cl2N3. The van der Waals surface area contributed by atoms with Gasteiger partial charge in [0.15, 0.2) is 5.15 Å². The van der Waals surface area contributed by atoms with Crippen LogP contribution in [0.15, 0.2) is 12.3 Å². The molecule has 62 valence electrons. The van der Waals surface area contributed by atoms with E-state index in [2.05, 4.69) is 10.2 Å². The van der Waals surface area contributed by atoms with Crippen LogP contribution in [0.4, 0.5) is 0 Å². The second-order valence-corrected chi connectivity index (χ2v) is 2.34. The quantitative estimate of drug-likeness (QED) is 0.684. The smallest absolute Gasteiger partial charge is 0.170 e. The molecule has 0 aliphatic heterocycles. The van der Waals surface area contributed by atoms with Crippen molar-refractivity contribution in [2.24, 2.45) is 5.73 Å². The molecule has 0 bridgehead atoms. The molecule has 0 fully saturated rings. The minimum atomic E-state index is 0.245. The summed E-state index contributed by atoms with van der Waals surface area (Å²) in [5.41, 5.74) is 4.85. The van der Waals surface area contributed by atoms with Crippen molar-refractivity contribution in [2.45, 2.75) is 6.92 Å². The second kappa shape index (κ2) is 6.34. The molecule has 0 saturated carbocycles. The molecule has 11 heavy (non-hydrogen) atoms. The molecule has 1 heterocycles. The van der Waals surface area contributed by atoms with Gasteiger partial charge in [0.05, 0.1) is 11.2 Å². The van der Waals surface area contributed by atoms with Gasteiger partial charge in [-0.2, -0.15) is 5.10 Å². The molecule has 0 aliphatic rings. The molecule has 0 amide bonds. The molecule has 3 nitrogen and oxygen atoms in total. The summed E-state index contributed by atoms with van der Waals surface area (Å²) >= 11 is 10.9. The van der Waals surface area contributed by atoms with Crippen molar-refractivity contribution in [3.05, 3.63) is 22.4 Å². The van der Waals surface area contributed by atoms with E-state index in [9.17, 15) is 0 Å². The van der Waals surface area contributed by atoms with E-state index in [1.807, 2.05) is 6.92 Å². The van der Waals surface area contributed by atoms with Crippen molar-refractivity contribution < 1.29 is 0 Å². The molecule has 0 unspecified atom stereocenters. The second-order valence-electron chi connectivity index (χ2n) is 1.58. The van der Waals surface area contributed by atoms with Crippen LogP contribution >= 0.6 is 23.2 Å². The number of nitrogens with two attached hydrogens (primary N) is 1. The van der Waals surface area contributed by atoms with Gasteiger partial charge >= 0.3 is 0 Å². The van der Waals surface area contributed by atoms with Gasteiger partial charge in [0.1, 0.15) is 0 Å². The van der Waals surface area contributed by atoms with Gasteiger partial charge in [-0.05, 0) is 12.6 Å². The Bertz CT molecular complexity index is 184. The monoisotopic (exact) mass is 193 g/mol. The summed E-state index contributed by atoms with van der Waals surface area (Å²) in [6.45, 7) is 2.65. The van der Waals surface area contributed by atoms with Crippen molar-refractivity contribution >= 4 is 23.2 Å². The summed E-state index contributed by atoms with van der Waals surface area (Å²) in [5.74, 6) is 0. The van der Waals surface area contributed by atoms with E-state index >= 15 is 0 Å². The molecule has 0 aliphatic carbocycles. The maximum Gasteiger partial charge on any atom is 0.170 e. The molecule has 0 radical (unpaired) electrons. The van der Waals surface area contributed by atoms with E-state index in [1.165, 1.54) is 6.20 Å². The fourth-order valence-corrected chi connectivity index (χ4v) is 0.500. The number of halogens is 2. The topological polar surface area (TPSA) is 51.8 Å². The molecule has 1 aromatic heterocycles. The summed E-state index contributed by atoms with van der Waals surface area (Å²) in [4.78, 5) is 0. The number of aromatic nitrogens is 2. The van der Waals surface area contributed by atoms with Crippen LogP contribution in [0, 0.1) is 0 Å². The average Bonchev–Trinajstić information content (AvgIpc) is 1.97. The third kappa shape index (κ3) is 4.95. The first-order chi connectivity index (χ1) is 5.22. The Balaban J connectivity index is 0.000000292. The van der Waals surface area contributed by atoms with Crippen LogP contribution in [-0.2, 0) is 0 Å². The highest BCUT2D eigenvalue weighted by Crippen LogP contribution is 2.15. The molecule has 0 saturated heterocycles. The van der Waals surface area contributed by atoms with E-state index in [0.717, 1.165) is 6.54 Å². The molecule has 1 aromatic rings. The molecule has 5 heteroatoms.